The quantitative estimate of drug-likeness (QED) is 0.160. The summed E-state index contributed by atoms with van der Waals surface area (Å²) in [5.41, 5.74) is 2.15. The molecule has 0 unspecified atom stereocenters. The van der Waals surface area contributed by atoms with Gasteiger partial charge >= 0.3 is 17.6 Å². The van der Waals surface area contributed by atoms with Crippen LogP contribution in [0.15, 0.2) is 4.52 Å². The number of nitrogens with one attached hydrogen (secondary N) is 2. The standard InChI is InChI=1S/C17H19ClIN9O5/c1-8-14(19)10(3)26(23-8)6-11-22-17(33-25-11)16(30)21-5-4-20-12(29)7-27-9(2)13(18)15(24-27)28(31)32/h4-7H2,1-3H3,(H,20,29)(H,21,30). The topological polar surface area (TPSA) is 176 Å². The normalized spacial score (nSPS) is 10.9. The third-order valence-corrected chi connectivity index (χ3v) is 6.57. The summed E-state index contributed by atoms with van der Waals surface area (Å²) in [7, 11) is 0. The largest absolute Gasteiger partial charge is 0.408 e. The molecule has 0 saturated heterocycles. The molecule has 3 heterocycles. The molecular formula is C17H19ClIN9O5. The molecule has 3 aromatic heterocycles. The molecule has 176 valence electrons. The lowest BCUT2D eigenvalue weighted by molar-refractivity contribution is -0.389. The molecule has 16 heteroatoms. The molecular weight excluding hydrogens is 573 g/mol. The molecule has 33 heavy (non-hydrogen) atoms. The zero-order valence-corrected chi connectivity index (χ0v) is 20.7. The molecule has 0 radical (unpaired) electrons. The van der Waals surface area contributed by atoms with E-state index in [1.807, 2.05) is 13.8 Å². The molecule has 0 saturated carbocycles. The van der Waals surface area contributed by atoms with Crippen molar-refractivity contribution in [2.24, 2.45) is 0 Å². The van der Waals surface area contributed by atoms with E-state index in [1.165, 1.54) is 6.92 Å². The molecule has 0 spiro atoms. The number of nitro groups is 1. The van der Waals surface area contributed by atoms with Gasteiger partial charge in [0.15, 0.2) is 10.8 Å². The number of amides is 2. The van der Waals surface area contributed by atoms with Gasteiger partial charge in [0.05, 0.1) is 20.1 Å². The molecule has 3 rings (SSSR count). The Morgan fingerprint density at radius 1 is 1.15 bits per heavy atom. The predicted molar refractivity (Wildman–Crippen MR) is 122 cm³/mol. The molecule has 2 amide bonds. The third-order valence-electron chi connectivity index (χ3n) is 4.56. The van der Waals surface area contributed by atoms with Gasteiger partial charge in [0, 0.05) is 18.8 Å². The fraction of sp³-hybridized carbons (Fsp3) is 0.412. The summed E-state index contributed by atoms with van der Waals surface area (Å²) >= 11 is 8.05. The lowest BCUT2D eigenvalue weighted by Gasteiger charge is -2.05. The maximum atomic E-state index is 12.2. The van der Waals surface area contributed by atoms with E-state index in [4.69, 9.17) is 16.1 Å². The van der Waals surface area contributed by atoms with Crippen molar-refractivity contribution in [1.82, 2.24) is 40.3 Å². The van der Waals surface area contributed by atoms with Crippen LogP contribution in [-0.2, 0) is 17.9 Å². The van der Waals surface area contributed by atoms with Gasteiger partial charge in [-0.1, -0.05) is 16.8 Å². The van der Waals surface area contributed by atoms with E-state index >= 15 is 0 Å². The number of carbonyl (C=O) groups is 2. The van der Waals surface area contributed by atoms with Gasteiger partial charge < -0.3 is 25.3 Å². The second kappa shape index (κ2) is 10.2. The minimum atomic E-state index is -0.722. The number of nitrogens with zero attached hydrogens (tertiary/aromatic N) is 7. The van der Waals surface area contributed by atoms with Crippen molar-refractivity contribution in [2.45, 2.75) is 33.9 Å². The van der Waals surface area contributed by atoms with Crippen LogP contribution in [0.1, 0.15) is 33.6 Å². The number of hydrogen-bond donors (Lipinski definition) is 2. The third kappa shape index (κ3) is 5.65. The second-order valence-corrected chi connectivity index (χ2v) is 8.36. The van der Waals surface area contributed by atoms with Crippen LogP contribution < -0.4 is 10.6 Å². The SMILES string of the molecule is Cc1nn(Cc2noc(C(=O)NCCNC(=O)Cn3nc([N+](=O)[O-])c(Cl)c3C)n2)c(C)c1I. The summed E-state index contributed by atoms with van der Waals surface area (Å²) in [4.78, 5) is 38.5. The fourth-order valence-electron chi connectivity index (χ4n) is 2.80. The number of rotatable bonds is 9. The number of hydrogen-bond acceptors (Lipinski definition) is 9. The highest BCUT2D eigenvalue weighted by Crippen LogP contribution is 2.26. The summed E-state index contributed by atoms with van der Waals surface area (Å²) in [6.07, 6.45) is 0. The Hall–Kier alpha value is -3.08. The lowest BCUT2D eigenvalue weighted by atomic mass is 10.4. The van der Waals surface area contributed by atoms with Crippen LogP contribution in [0, 0.1) is 34.5 Å². The Balaban J connectivity index is 1.45. The van der Waals surface area contributed by atoms with Crippen molar-refractivity contribution in [2.75, 3.05) is 13.1 Å². The summed E-state index contributed by atoms with van der Waals surface area (Å²) in [5, 5.41) is 27.8. The molecule has 14 nitrogen and oxygen atoms in total. The first-order chi connectivity index (χ1) is 15.6. The van der Waals surface area contributed by atoms with Crippen molar-refractivity contribution >= 4 is 51.8 Å². The Kier molecular flexibility index (Phi) is 7.62. The van der Waals surface area contributed by atoms with Gasteiger partial charge in [-0.05, 0) is 48.3 Å². The van der Waals surface area contributed by atoms with Gasteiger partial charge in [-0.15, -0.1) is 0 Å². The highest BCUT2D eigenvalue weighted by atomic mass is 127. The second-order valence-electron chi connectivity index (χ2n) is 6.90. The van der Waals surface area contributed by atoms with Crippen molar-refractivity contribution in [1.29, 1.82) is 0 Å². The molecule has 0 aliphatic heterocycles. The number of aromatic nitrogens is 6. The monoisotopic (exact) mass is 591 g/mol. The van der Waals surface area contributed by atoms with Crippen LogP contribution in [0.25, 0.3) is 0 Å². The van der Waals surface area contributed by atoms with E-state index in [9.17, 15) is 19.7 Å². The predicted octanol–water partition coefficient (Wildman–Crippen LogP) is 1.15. The minimum Gasteiger partial charge on any atom is -0.358 e. The molecule has 0 aromatic carbocycles. The van der Waals surface area contributed by atoms with Crippen LogP contribution in [-0.4, -0.2) is 59.5 Å². The summed E-state index contributed by atoms with van der Waals surface area (Å²) < 4.78 is 8.90. The zero-order chi connectivity index (χ0) is 24.3. The average Bonchev–Trinajstić information content (AvgIpc) is 3.41. The molecule has 0 atom stereocenters. The molecule has 0 aliphatic rings. The first-order valence-corrected chi connectivity index (χ1v) is 11.0. The maximum absolute atomic E-state index is 12.2. The van der Waals surface area contributed by atoms with E-state index in [-0.39, 0.29) is 37.1 Å². The summed E-state index contributed by atoms with van der Waals surface area (Å²) in [5.74, 6) is -1.46. The van der Waals surface area contributed by atoms with Crippen LogP contribution >= 0.6 is 34.2 Å². The van der Waals surface area contributed by atoms with Crippen molar-refractivity contribution < 1.29 is 19.0 Å². The number of aryl methyl sites for hydroxylation is 1. The molecule has 3 aromatic rings. The molecule has 0 fully saturated rings. The van der Waals surface area contributed by atoms with Crippen molar-refractivity contribution in [3.8, 4) is 0 Å². The smallest absolute Gasteiger partial charge is 0.358 e. The van der Waals surface area contributed by atoms with Crippen molar-refractivity contribution in [3.05, 3.63) is 47.5 Å². The number of carbonyl (C=O) groups excluding carboxylic acids is 2. The van der Waals surface area contributed by atoms with Gasteiger partial charge in [0.25, 0.3) is 0 Å². The molecule has 0 bridgehead atoms. The van der Waals surface area contributed by atoms with E-state index < -0.39 is 22.6 Å². The van der Waals surface area contributed by atoms with Gasteiger partial charge in [-0.2, -0.15) is 14.8 Å². The first kappa shape index (κ1) is 24.6. The van der Waals surface area contributed by atoms with Crippen LogP contribution in [0.4, 0.5) is 5.82 Å². The van der Waals surface area contributed by atoms with E-state index in [0.717, 1.165) is 19.6 Å². The Morgan fingerprint density at radius 3 is 2.45 bits per heavy atom. The first-order valence-electron chi connectivity index (χ1n) is 9.52. The fourth-order valence-corrected chi connectivity index (χ4v) is 3.39. The van der Waals surface area contributed by atoms with Crippen LogP contribution in [0.3, 0.4) is 0 Å². The molecule has 0 aliphatic carbocycles. The number of halogens is 2. The maximum Gasteiger partial charge on any atom is 0.408 e. The lowest BCUT2D eigenvalue weighted by Crippen LogP contribution is -2.36. The van der Waals surface area contributed by atoms with Gasteiger partial charge in [-0.25, -0.2) is 0 Å². The van der Waals surface area contributed by atoms with Crippen LogP contribution in [0.5, 0.6) is 0 Å². The molecule has 2 N–H and O–H groups in total. The Bertz CT molecular complexity index is 1220. The zero-order valence-electron chi connectivity index (χ0n) is 17.8. The highest BCUT2D eigenvalue weighted by Gasteiger charge is 2.25. The Labute approximate surface area is 205 Å². The van der Waals surface area contributed by atoms with E-state index in [0.29, 0.717) is 11.5 Å². The Morgan fingerprint density at radius 2 is 1.85 bits per heavy atom. The van der Waals surface area contributed by atoms with E-state index in [1.54, 1.807) is 4.68 Å². The van der Waals surface area contributed by atoms with E-state index in [2.05, 4.69) is 53.6 Å². The van der Waals surface area contributed by atoms with Gasteiger partial charge in [0.1, 0.15) is 13.1 Å². The minimum absolute atomic E-state index is 0.0942. The summed E-state index contributed by atoms with van der Waals surface area (Å²) in [6.45, 7) is 5.54. The van der Waals surface area contributed by atoms with Crippen molar-refractivity contribution in [3.63, 3.8) is 0 Å². The van der Waals surface area contributed by atoms with Gasteiger partial charge in [0.2, 0.25) is 5.91 Å². The highest BCUT2D eigenvalue weighted by molar-refractivity contribution is 14.1. The summed E-state index contributed by atoms with van der Waals surface area (Å²) in [6, 6.07) is 0. The van der Waals surface area contributed by atoms with Gasteiger partial charge in [-0.3, -0.25) is 14.3 Å². The average molecular weight is 592 g/mol. The van der Waals surface area contributed by atoms with Crippen LogP contribution in [0.2, 0.25) is 5.02 Å².